The van der Waals surface area contributed by atoms with Crippen LogP contribution in [0.25, 0.3) is 0 Å². The van der Waals surface area contributed by atoms with Crippen LogP contribution in [0, 0.1) is 5.41 Å². The van der Waals surface area contributed by atoms with Crippen molar-refractivity contribution in [1.29, 1.82) is 0 Å². The predicted molar refractivity (Wildman–Crippen MR) is 99.1 cm³/mol. The van der Waals surface area contributed by atoms with Crippen LogP contribution in [0.3, 0.4) is 0 Å². The highest BCUT2D eigenvalue weighted by Gasteiger charge is 2.20. The molecule has 0 radical (unpaired) electrons. The lowest BCUT2D eigenvalue weighted by molar-refractivity contribution is -0.134. The molecule has 25 heavy (non-hydrogen) atoms. The topological polar surface area (TPSA) is 67.9 Å². The van der Waals surface area contributed by atoms with E-state index < -0.39 is 0 Å². The molecule has 1 aromatic rings. The number of rotatable bonds is 8. The number of amides is 2. The molecule has 1 aromatic carbocycles. The second-order valence-corrected chi connectivity index (χ2v) is 7.06. The van der Waals surface area contributed by atoms with Gasteiger partial charge in [0.25, 0.3) is 0 Å². The summed E-state index contributed by atoms with van der Waals surface area (Å²) in [5, 5.41) is 2.79. The minimum absolute atomic E-state index is 0.00604. The summed E-state index contributed by atoms with van der Waals surface area (Å²) in [6.45, 7) is 10.8. The summed E-state index contributed by atoms with van der Waals surface area (Å²) in [4.78, 5) is 25.8. The van der Waals surface area contributed by atoms with Gasteiger partial charge in [0, 0.05) is 25.2 Å². The van der Waals surface area contributed by atoms with Crippen molar-refractivity contribution in [3.8, 4) is 11.5 Å². The number of carbonyl (C=O) groups is 2. The first kappa shape index (κ1) is 20.8. The highest BCUT2D eigenvalue weighted by molar-refractivity contribution is 5.94. The molecule has 0 heterocycles. The highest BCUT2D eigenvalue weighted by atomic mass is 16.5. The van der Waals surface area contributed by atoms with Crippen LogP contribution in [0.2, 0.25) is 0 Å². The average molecular weight is 350 g/mol. The van der Waals surface area contributed by atoms with E-state index in [-0.39, 0.29) is 23.8 Å². The van der Waals surface area contributed by atoms with Crippen molar-refractivity contribution in [3.05, 3.63) is 18.2 Å². The molecular formula is C19H30N2O4. The number of hydrogen-bond acceptors (Lipinski definition) is 4. The van der Waals surface area contributed by atoms with Crippen molar-refractivity contribution < 1.29 is 19.1 Å². The fourth-order valence-electron chi connectivity index (χ4n) is 2.22. The first-order chi connectivity index (χ1) is 11.7. The zero-order valence-corrected chi connectivity index (χ0v) is 16.1. The Hall–Kier alpha value is -2.24. The lowest BCUT2D eigenvalue weighted by Crippen LogP contribution is -2.36. The number of anilines is 1. The maximum Gasteiger partial charge on any atom is 0.243 e. The first-order valence-electron chi connectivity index (χ1n) is 8.59. The van der Waals surface area contributed by atoms with Gasteiger partial charge in [0.15, 0.2) is 11.5 Å². The number of benzene rings is 1. The van der Waals surface area contributed by atoms with E-state index in [2.05, 4.69) is 5.32 Å². The van der Waals surface area contributed by atoms with Crippen LogP contribution in [0.1, 0.15) is 41.0 Å². The fourth-order valence-corrected chi connectivity index (χ4v) is 2.22. The number of hydrogen-bond donors (Lipinski definition) is 1. The minimum Gasteiger partial charge on any atom is -0.490 e. The quantitative estimate of drug-likeness (QED) is 0.781. The summed E-state index contributed by atoms with van der Waals surface area (Å²) in [6.07, 6.45) is 0.397. The van der Waals surface area contributed by atoms with Gasteiger partial charge < -0.3 is 19.7 Å². The smallest absolute Gasteiger partial charge is 0.243 e. The summed E-state index contributed by atoms with van der Waals surface area (Å²) in [5.74, 6) is 0.917. The summed E-state index contributed by atoms with van der Waals surface area (Å²) in [5.41, 5.74) is 0.497. The molecule has 1 N–H and O–H groups in total. The largest absolute Gasteiger partial charge is 0.490 e. The molecule has 0 saturated heterocycles. The maximum atomic E-state index is 12.2. The van der Waals surface area contributed by atoms with Crippen molar-refractivity contribution in [2.75, 3.05) is 32.1 Å². The van der Waals surface area contributed by atoms with Crippen LogP contribution in [0.5, 0.6) is 11.5 Å². The van der Waals surface area contributed by atoms with Crippen molar-refractivity contribution in [2.24, 2.45) is 5.41 Å². The summed E-state index contributed by atoms with van der Waals surface area (Å²) in [7, 11) is 1.64. The molecule has 0 spiro atoms. The molecule has 1 rings (SSSR count). The third-order valence-electron chi connectivity index (χ3n) is 3.32. The molecule has 0 atom stereocenters. The number of nitrogens with zero attached hydrogens (tertiary/aromatic N) is 1. The Kier molecular flexibility index (Phi) is 7.74. The van der Waals surface area contributed by atoms with Gasteiger partial charge in [-0.3, -0.25) is 9.59 Å². The van der Waals surface area contributed by atoms with E-state index in [1.165, 1.54) is 4.90 Å². The lowest BCUT2D eigenvalue weighted by atomic mass is 9.92. The molecular weight excluding hydrogens is 320 g/mol. The number of ether oxygens (including phenoxy) is 2. The Bertz CT molecular complexity index is 594. The van der Waals surface area contributed by atoms with Gasteiger partial charge in [-0.2, -0.15) is 0 Å². The van der Waals surface area contributed by atoms with E-state index in [1.807, 2.05) is 34.6 Å². The molecule has 0 aromatic heterocycles. The number of nitrogens with one attached hydrogen (secondary N) is 1. The zero-order chi connectivity index (χ0) is 19.0. The molecule has 140 valence electrons. The van der Waals surface area contributed by atoms with E-state index in [9.17, 15) is 9.59 Å². The van der Waals surface area contributed by atoms with E-state index in [0.717, 1.165) is 0 Å². The van der Waals surface area contributed by atoms with Crippen molar-refractivity contribution in [1.82, 2.24) is 4.90 Å². The predicted octanol–water partition coefficient (Wildman–Crippen LogP) is 3.32. The maximum absolute atomic E-state index is 12.2. The van der Waals surface area contributed by atoms with Gasteiger partial charge in [-0.05, 0) is 31.4 Å². The van der Waals surface area contributed by atoms with Crippen LogP contribution < -0.4 is 14.8 Å². The Morgan fingerprint density at radius 2 is 1.68 bits per heavy atom. The van der Waals surface area contributed by atoms with Crippen molar-refractivity contribution in [3.63, 3.8) is 0 Å². The molecule has 0 saturated carbocycles. The van der Waals surface area contributed by atoms with Gasteiger partial charge in [-0.25, -0.2) is 0 Å². The molecule has 0 bridgehead atoms. The molecule has 0 aliphatic rings. The van der Waals surface area contributed by atoms with Gasteiger partial charge >= 0.3 is 0 Å². The normalized spacial score (nSPS) is 11.0. The molecule has 0 aliphatic heterocycles. The molecule has 6 heteroatoms. The standard InChI is InChI=1S/C19H30N2O4/c1-7-24-15-10-9-14(11-16(15)25-8-2)20-17(22)13-21(6)18(23)12-19(3,4)5/h9-11H,7-8,12-13H2,1-6H3,(H,20,22). The average Bonchev–Trinajstić information content (AvgIpc) is 2.48. The Morgan fingerprint density at radius 1 is 1.08 bits per heavy atom. The zero-order valence-electron chi connectivity index (χ0n) is 16.1. The van der Waals surface area contributed by atoms with Crippen LogP contribution in [0.4, 0.5) is 5.69 Å². The minimum atomic E-state index is -0.253. The van der Waals surface area contributed by atoms with Crippen molar-refractivity contribution in [2.45, 2.75) is 41.0 Å². The van der Waals surface area contributed by atoms with Gasteiger partial charge in [-0.1, -0.05) is 20.8 Å². The SMILES string of the molecule is CCOc1ccc(NC(=O)CN(C)C(=O)CC(C)(C)C)cc1OCC. The third-order valence-corrected chi connectivity index (χ3v) is 3.32. The van der Waals surface area contributed by atoms with Crippen LogP contribution >= 0.6 is 0 Å². The summed E-state index contributed by atoms with van der Waals surface area (Å²) < 4.78 is 11.0. The number of carbonyl (C=O) groups excluding carboxylic acids is 2. The summed E-state index contributed by atoms with van der Waals surface area (Å²) in [6, 6.07) is 5.24. The van der Waals surface area contributed by atoms with Crippen LogP contribution in [-0.2, 0) is 9.59 Å². The van der Waals surface area contributed by atoms with Crippen LogP contribution in [-0.4, -0.2) is 43.5 Å². The second-order valence-electron chi connectivity index (χ2n) is 7.06. The van der Waals surface area contributed by atoms with Gasteiger partial charge in [0.1, 0.15) is 0 Å². The summed E-state index contributed by atoms with van der Waals surface area (Å²) >= 11 is 0. The molecule has 0 unspecified atom stereocenters. The van der Waals surface area contributed by atoms with E-state index in [1.54, 1.807) is 25.2 Å². The molecule has 6 nitrogen and oxygen atoms in total. The monoisotopic (exact) mass is 350 g/mol. The lowest BCUT2D eigenvalue weighted by Gasteiger charge is -2.23. The van der Waals surface area contributed by atoms with E-state index >= 15 is 0 Å². The molecule has 0 fully saturated rings. The van der Waals surface area contributed by atoms with Crippen molar-refractivity contribution >= 4 is 17.5 Å². The molecule has 0 aliphatic carbocycles. The Balaban J connectivity index is 2.70. The number of likely N-dealkylation sites (N-methyl/N-ethyl adjacent to an activating group) is 1. The van der Waals surface area contributed by atoms with Crippen LogP contribution in [0.15, 0.2) is 18.2 Å². The highest BCUT2D eigenvalue weighted by Crippen LogP contribution is 2.30. The first-order valence-corrected chi connectivity index (χ1v) is 8.59. The van der Waals surface area contributed by atoms with Gasteiger partial charge in [-0.15, -0.1) is 0 Å². The van der Waals surface area contributed by atoms with Gasteiger partial charge in [0.05, 0.1) is 19.8 Å². The second kappa shape index (κ2) is 9.30. The molecule has 2 amide bonds. The Morgan fingerprint density at radius 3 is 2.24 bits per heavy atom. The van der Waals surface area contributed by atoms with Gasteiger partial charge in [0.2, 0.25) is 11.8 Å². The fraction of sp³-hybridized carbons (Fsp3) is 0.579. The Labute approximate surface area is 150 Å². The van der Waals surface area contributed by atoms with E-state index in [0.29, 0.717) is 36.8 Å². The van der Waals surface area contributed by atoms with E-state index in [4.69, 9.17) is 9.47 Å². The third kappa shape index (κ3) is 7.45.